The Balaban J connectivity index is 0. The van der Waals surface area contributed by atoms with Crippen molar-refractivity contribution < 1.29 is 82.0 Å². The van der Waals surface area contributed by atoms with Crippen LogP contribution in [0.2, 0.25) is 0 Å². The summed E-state index contributed by atoms with van der Waals surface area (Å²) in [7, 11) is 0. The number of hydrogen-bond acceptors (Lipinski definition) is 9. The second kappa shape index (κ2) is 12.2. The Kier molecular flexibility index (Phi) is 11.0. The molecule has 2 aromatic heterocycles. The third-order valence-corrected chi connectivity index (χ3v) is 4.28. The van der Waals surface area contributed by atoms with Crippen LogP contribution >= 0.6 is 0 Å². The van der Waals surface area contributed by atoms with Crippen LogP contribution in [-0.4, -0.2) is 59.8 Å². The summed E-state index contributed by atoms with van der Waals surface area (Å²) in [5.41, 5.74) is 6.57. The van der Waals surface area contributed by atoms with E-state index in [9.17, 15) is 15.3 Å². The number of rotatable bonds is 5. The molecule has 2 unspecified atom stereocenters. The van der Waals surface area contributed by atoms with Crippen molar-refractivity contribution in [2.45, 2.75) is 50.2 Å². The summed E-state index contributed by atoms with van der Waals surface area (Å²) in [6, 6.07) is 2.08. The van der Waals surface area contributed by atoms with Gasteiger partial charge in [-0.05, 0) is 18.8 Å². The first-order valence-electron chi connectivity index (χ1n) is 8.55. The van der Waals surface area contributed by atoms with Gasteiger partial charge in [-0.25, -0.2) is 15.0 Å². The molecule has 5 N–H and O–H groups in total. The van der Waals surface area contributed by atoms with Crippen molar-refractivity contribution in [3.63, 3.8) is 0 Å². The summed E-state index contributed by atoms with van der Waals surface area (Å²) < 4.78 is 6.95. The standard InChI is InChI=1S/C17H20N6O4.2Na.2H/c18-7-5-3-1-2-4-6-11-21-15(19)12-16(22-11)23(9-20-12)17-14(26)13(25)10(8-24)27-17;;;;/h9-10,13-14,17,24-26H,1-3,5,8H2,(H2,19,21,22);;;;/q;2*+1;2*-1/t10-,13?,14?,17-;;;;/m1..../s1. The van der Waals surface area contributed by atoms with Gasteiger partial charge < -0.3 is 28.6 Å². The van der Waals surface area contributed by atoms with Gasteiger partial charge in [0.2, 0.25) is 5.82 Å². The smallest absolute Gasteiger partial charge is 1.00 e. The number of nitrogens with two attached hydrogens (primary N) is 1. The van der Waals surface area contributed by atoms with Crippen LogP contribution in [0.3, 0.4) is 0 Å². The molecule has 0 saturated carbocycles. The normalized spacial score (nSPS) is 22.8. The monoisotopic (exact) mass is 420 g/mol. The molecule has 10 nitrogen and oxygen atoms in total. The first-order valence-corrected chi connectivity index (χ1v) is 8.55. The molecule has 3 heterocycles. The SMILES string of the molecule is N#CCCCCC#Cc1nc(N)c2ncn([C@@H]3O[C@H](CO)C(O)C3O)c2n1.[H-].[H-].[Na+].[Na+]. The molecule has 12 heteroatoms. The van der Waals surface area contributed by atoms with Gasteiger partial charge in [-0.3, -0.25) is 4.57 Å². The number of anilines is 1. The summed E-state index contributed by atoms with van der Waals surface area (Å²) >= 11 is 0. The molecule has 1 saturated heterocycles. The van der Waals surface area contributed by atoms with Gasteiger partial charge in [-0.15, -0.1) is 0 Å². The largest absolute Gasteiger partial charge is 1.00 e. The molecule has 0 aliphatic carbocycles. The van der Waals surface area contributed by atoms with Gasteiger partial charge in [0, 0.05) is 12.8 Å². The van der Waals surface area contributed by atoms with Crippen LogP contribution in [-0.2, 0) is 4.74 Å². The van der Waals surface area contributed by atoms with Gasteiger partial charge >= 0.3 is 59.1 Å². The zero-order chi connectivity index (χ0) is 19.4. The number of unbranched alkanes of at least 4 members (excludes halogenated alkanes) is 3. The van der Waals surface area contributed by atoms with Crippen LogP contribution in [0.1, 0.15) is 40.6 Å². The van der Waals surface area contributed by atoms with E-state index in [0.29, 0.717) is 24.0 Å². The number of imidazole rings is 1. The van der Waals surface area contributed by atoms with E-state index in [1.807, 2.05) is 0 Å². The first-order chi connectivity index (χ1) is 13.1. The summed E-state index contributed by atoms with van der Waals surface area (Å²) in [5.74, 6) is 6.12. The number of aliphatic hydroxyl groups excluding tert-OH is 3. The third-order valence-electron chi connectivity index (χ3n) is 4.28. The van der Waals surface area contributed by atoms with Gasteiger partial charge in [0.1, 0.15) is 23.8 Å². The predicted octanol–water partition coefficient (Wildman–Crippen LogP) is -6.31. The zero-order valence-corrected chi connectivity index (χ0v) is 20.5. The van der Waals surface area contributed by atoms with Gasteiger partial charge in [0.15, 0.2) is 17.7 Å². The van der Waals surface area contributed by atoms with Crippen molar-refractivity contribution in [3.05, 3.63) is 12.2 Å². The van der Waals surface area contributed by atoms with Crippen LogP contribution in [0.5, 0.6) is 0 Å². The molecule has 1 aliphatic heterocycles. The zero-order valence-electron chi connectivity index (χ0n) is 18.5. The van der Waals surface area contributed by atoms with E-state index in [1.165, 1.54) is 10.9 Å². The van der Waals surface area contributed by atoms with Gasteiger partial charge in [-0.2, -0.15) is 5.26 Å². The summed E-state index contributed by atoms with van der Waals surface area (Å²) in [4.78, 5) is 12.6. The minimum Gasteiger partial charge on any atom is -1.00 e. The van der Waals surface area contributed by atoms with Gasteiger partial charge in [0.05, 0.1) is 19.0 Å². The van der Waals surface area contributed by atoms with E-state index in [1.54, 1.807) is 0 Å². The van der Waals surface area contributed by atoms with Crippen LogP contribution in [0.25, 0.3) is 11.2 Å². The van der Waals surface area contributed by atoms with Crippen LogP contribution in [0.4, 0.5) is 5.82 Å². The number of hydrogen-bond donors (Lipinski definition) is 4. The fourth-order valence-electron chi connectivity index (χ4n) is 2.85. The Hall–Kier alpha value is -0.760. The predicted molar refractivity (Wildman–Crippen MR) is 95.9 cm³/mol. The molecule has 4 atom stereocenters. The summed E-state index contributed by atoms with van der Waals surface area (Å²) in [6.45, 7) is -0.430. The van der Waals surface area contributed by atoms with Crippen molar-refractivity contribution >= 4 is 17.0 Å². The minimum atomic E-state index is -1.26. The van der Waals surface area contributed by atoms with Crippen molar-refractivity contribution in [3.8, 4) is 17.9 Å². The second-order valence-electron chi connectivity index (χ2n) is 6.15. The van der Waals surface area contributed by atoms with Gasteiger partial charge in [-0.1, -0.05) is 5.92 Å². The van der Waals surface area contributed by atoms with E-state index < -0.39 is 31.1 Å². The third kappa shape index (κ3) is 5.90. The maximum Gasteiger partial charge on any atom is 1.00 e. The Morgan fingerprint density at radius 2 is 1.93 bits per heavy atom. The number of aliphatic hydroxyl groups is 3. The maximum atomic E-state index is 10.2. The number of nitrogens with zero attached hydrogens (tertiary/aromatic N) is 5. The van der Waals surface area contributed by atoms with Crippen LogP contribution in [0, 0.1) is 23.2 Å². The van der Waals surface area contributed by atoms with Crippen LogP contribution in [0.15, 0.2) is 6.33 Å². The van der Waals surface area contributed by atoms with Crippen molar-refractivity contribution in [1.29, 1.82) is 5.26 Å². The Morgan fingerprint density at radius 1 is 1.21 bits per heavy atom. The Bertz CT molecular complexity index is 933. The Labute approximate surface area is 215 Å². The van der Waals surface area contributed by atoms with E-state index >= 15 is 0 Å². The summed E-state index contributed by atoms with van der Waals surface area (Å²) in [5, 5.41) is 37.9. The quantitative estimate of drug-likeness (QED) is 0.209. The molecular weight excluding hydrogens is 398 g/mol. The van der Waals surface area contributed by atoms with Crippen molar-refractivity contribution in [2.75, 3.05) is 12.3 Å². The fraction of sp³-hybridized carbons (Fsp3) is 0.529. The molecule has 29 heavy (non-hydrogen) atoms. The maximum absolute atomic E-state index is 10.2. The number of fused-ring (bicyclic) bond motifs is 1. The van der Waals surface area contributed by atoms with Crippen LogP contribution < -0.4 is 64.8 Å². The van der Waals surface area contributed by atoms with Crippen molar-refractivity contribution in [1.82, 2.24) is 19.5 Å². The van der Waals surface area contributed by atoms with Gasteiger partial charge in [0.25, 0.3) is 0 Å². The number of nitrogen functional groups attached to an aromatic ring is 1. The molecule has 0 aromatic carbocycles. The fourth-order valence-corrected chi connectivity index (χ4v) is 2.85. The molecule has 2 aromatic rings. The number of aromatic nitrogens is 4. The molecule has 1 fully saturated rings. The summed E-state index contributed by atoms with van der Waals surface area (Å²) in [6.07, 6.45) is -0.288. The Morgan fingerprint density at radius 3 is 2.59 bits per heavy atom. The van der Waals surface area contributed by atoms with Crippen molar-refractivity contribution in [2.24, 2.45) is 0 Å². The average Bonchev–Trinajstić information content (AvgIpc) is 3.20. The van der Waals surface area contributed by atoms with E-state index in [-0.39, 0.29) is 73.6 Å². The first kappa shape index (κ1) is 26.3. The van der Waals surface area contributed by atoms with E-state index in [4.69, 9.17) is 15.7 Å². The number of ether oxygens (including phenoxy) is 1. The van der Waals surface area contributed by atoms with E-state index in [0.717, 1.165) is 12.8 Å². The molecule has 3 rings (SSSR count). The topological polar surface area (TPSA) is 163 Å². The minimum absolute atomic E-state index is 0. The molecule has 146 valence electrons. The molecular formula is C17H22N6Na2O4. The molecule has 0 bridgehead atoms. The average molecular weight is 420 g/mol. The number of nitriles is 1. The molecule has 0 spiro atoms. The van der Waals surface area contributed by atoms with E-state index in [2.05, 4.69) is 32.9 Å². The molecule has 0 radical (unpaired) electrons. The molecule has 1 aliphatic rings. The second-order valence-corrected chi connectivity index (χ2v) is 6.15. The molecule has 0 amide bonds.